The van der Waals surface area contributed by atoms with Crippen LogP contribution in [0.2, 0.25) is 0 Å². The van der Waals surface area contributed by atoms with E-state index >= 15 is 0 Å². The summed E-state index contributed by atoms with van der Waals surface area (Å²) in [4.78, 5) is 8.95. The van der Waals surface area contributed by atoms with Crippen molar-refractivity contribution in [1.29, 1.82) is 0 Å². The Bertz CT molecular complexity index is 956. The molecule has 3 heteroatoms. The Hall–Kier alpha value is -2.94. The molecule has 0 saturated carbocycles. The first-order valence-electron chi connectivity index (χ1n) is 7.82. The van der Waals surface area contributed by atoms with E-state index < -0.39 is 0 Å². The molecule has 3 nitrogen and oxygen atoms in total. The zero-order chi connectivity index (χ0) is 15.6. The van der Waals surface area contributed by atoms with Crippen molar-refractivity contribution >= 4 is 10.9 Å². The standard InChI is InChI=1S/C20H17N3/c1-2-15-5-3-4-6-18(15)20-9-7-16-13-17(8-10-19(16)22-20)23-12-11-21-14-23/h3-14H,2H2,1H3. The van der Waals surface area contributed by atoms with E-state index in [0.29, 0.717) is 0 Å². The molecule has 2 aromatic heterocycles. The molecular weight excluding hydrogens is 282 g/mol. The summed E-state index contributed by atoms with van der Waals surface area (Å²) in [6.07, 6.45) is 6.55. The van der Waals surface area contributed by atoms with Crippen LogP contribution in [0.15, 0.2) is 73.3 Å². The SMILES string of the molecule is CCc1ccccc1-c1ccc2cc(-n3ccnc3)ccc2n1. The maximum Gasteiger partial charge on any atom is 0.0991 e. The lowest BCUT2D eigenvalue weighted by molar-refractivity contribution is 1.06. The fraction of sp³-hybridized carbons (Fsp3) is 0.100. The minimum atomic E-state index is 1.01. The van der Waals surface area contributed by atoms with Gasteiger partial charge in [-0.2, -0.15) is 0 Å². The number of hydrogen-bond donors (Lipinski definition) is 0. The van der Waals surface area contributed by atoms with Gasteiger partial charge in [-0.1, -0.05) is 37.3 Å². The quantitative estimate of drug-likeness (QED) is 0.551. The number of benzene rings is 2. The second-order valence-electron chi connectivity index (χ2n) is 5.55. The van der Waals surface area contributed by atoms with Gasteiger partial charge >= 0.3 is 0 Å². The summed E-state index contributed by atoms with van der Waals surface area (Å²) in [5.41, 5.74) is 5.69. The fourth-order valence-corrected chi connectivity index (χ4v) is 2.91. The zero-order valence-electron chi connectivity index (χ0n) is 13.0. The molecule has 112 valence electrons. The fourth-order valence-electron chi connectivity index (χ4n) is 2.91. The van der Waals surface area contributed by atoms with E-state index in [1.54, 1.807) is 12.5 Å². The van der Waals surface area contributed by atoms with Crippen LogP contribution in [0.25, 0.3) is 27.8 Å². The van der Waals surface area contributed by atoms with Gasteiger partial charge in [0, 0.05) is 29.0 Å². The maximum atomic E-state index is 4.85. The monoisotopic (exact) mass is 299 g/mol. The second kappa shape index (κ2) is 5.69. The van der Waals surface area contributed by atoms with E-state index in [1.165, 1.54) is 11.1 Å². The molecule has 0 aliphatic heterocycles. The van der Waals surface area contributed by atoms with Gasteiger partial charge in [-0.3, -0.25) is 0 Å². The molecule has 0 fully saturated rings. The summed E-state index contributed by atoms with van der Waals surface area (Å²) in [5, 5.41) is 1.13. The van der Waals surface area contributed by atoms with Crippen LogP contribution in [0.5, 0.6) is 0 Å². The third-order valence-corrected chi connectivity index (χ3v) is 4.15. The highest BCUT2D eigenvalue weighted by molar-refractivity contribution is 5.83. The van der Waals surface area contributed by atoms with Crippen molar-refractivity contribution in [3.8, 4) is 16.9 Å². The Morgan fingerprint density at radius 3 is 2.74 bits per heavy atom. The first kappa shape index (κ1) is 13.7. The number of imidazole rings is 1. The third-order valence-electron chi connectivity index (χ3n) is 4.15. The van der Waals surface area contributed by atoms with Gasteiger partial charge in [0.05, 0.1) is 17.5 Å². The molecule has 2 aromatic carbocycles. The molecule has 4 rings (SSSR count). The zero-order valence-corrected chi connectivity index (χ0v) is 13.0. The largest absolute Gasteiger partial charge is 0.306 e. The number of hydrogen-bond acceptors (Lipinski definition) is 2. The van der Waals surface area contributed by atoms with Crippen LogP contribution in [-0.2, 0) is 6.42 Å². The normalized spacial score (nSPS) is 11.0. The number of pyridine rings is 1. The molecule has 2 heterocycles. The van der Waals surface area contributed by atoms with Gasteiger partial charge in [0.25, 0.3) is 0 Å². The van der Waals surface area contributed by atoms with E-state index in [2.05, 4.69) is 66.5 Å². The average Bonchev–Trinajstić information content (AvgIpc) is 3.15. The Morgan fingerprint density at radius 2 is 1.91 bits per heavy atom. The maximum absolute atomic E-state index is 4.85. The molecule has 0 saturated heterocycles. The highest BCUT2D eigenvalue weighted by Gasteiger charge is 2.06. The van der Waals surface area contributed by atoms with Gasteiger partial charge in [-0.25, -0.2) is 9.97 Å². The van der Waals surface area contributed by atoms with E-state index in [1.807, 2.05) is 10.8 Å². The molecule has 0 aliphatic rings. The molecule has 0 unspecified atom stereocenters. The van der Waals surface area contributed by atoms with Crippen molar-refractivity contribution in [2.24, 2.45) is 0 Å². The average molecular weight is 299 g/mol. The smallest absolute Gasteiger partial charge is 0.0991 e. The van der Waals surface area contributed by atoms with Crippen LogP contribution in [-0.4, -0.2) is 14.5 Å². The molecule has 0 atom stereocenters. The number of fused-ring (bicyclic) bond motifs is 1. The Kier molecular flexibility index (Phi) is 3.39. The lowest BCUT2D eigenvalue weighted by atomic mass is 10.0. The number of rotatable bonds is 3. The van der Waals surface area contributed by atoms with Crippen molar-refractivity contribution in [2.75, 3.05) is 0 Å². The number of aryl methyl sites for hydroxylation is 1. The lowest BCUT2D eigenvalue weighted by Crippen LogP contribution is -1.93. The molecular formula is C20H17N3. The van der Waals surface area contributed by atoms with Gasteiger partial charge in [-0.15, -0.1) is 0 Å². The van der Waals surface area contributed by atoms with E-state index in [0.717, 1.165) is 28.7 Å². The van der Waals surface area contributed by atoms with E-state index in [4.69, 9.17) is 4.98 Å². The highest BCUT2D eigenvalue weighted by atomic mass is 15.0. The van der Waals surface area contributed by atoms with Crippen LogP contribution in [0.1, 0.15) is 12.5 Å². The number of aromatic nitrogens is 3. The molecule has 0 aliphatic carbocycles. The van der Waals surface area contributed by atoms with E-state index in [9.17, 15) is 0 Å². The molecule has 0 N–H and O–H groups in total. The molecule has 0 amide bonds. The lowest BCUT2D eigenvalue weighted by Gasteiger charge is -2.09. The molecule has 0 bridgehead atoms. The predicted molar refractivity (Wildman–Crippen MR) is 93.7 cm³/mol. The summed E-state index contributed by atoms with van der Waals surface area (Å²) < 4.78 is 2.00. The summed E-state index contributed by atoms with van der Waals surface area (Å²) in [6.45, 7) is 2.18. The summed E-state index contributed by atoms with van der Waals surface area (Å²) in [5.74, 6) is 0. The highest BCUT2D eigenvalue weighted by Crippen LogP contribution is 2.25. The van der Waals surface area contributed by atoms with Gasteiger partial charge in [-0.05, 0) is 36.2 Å². The molecule has 0 radical (unpaired) electrons. The van der Waals surface area contributed by atoms with Crippen LogP contribution in [0.4, 0.5) is 0 Å². The predicted octanol–water partition coefficient (Wildman–Crippen LogP) is 4.65. The Morgan fingerprint density at radius 1 is 1.00 bits per heavy atom. The van der Waals surface area contributed by atoms with Gasteiger partial charge < -0.3 is 4.57 Å². The van der Waals surface area contributed by atoms with Gasteiger partial charge in [0.2, 0.25) is 0 Å². The van der Waals surface area contributed by atoms with Crippen LogP contribution >= 0.6 is 0 Å². The topological polar surface area (TPSA) is 30.7 Å². The van der Waals surface area contributed by atoms with Crippen molar-refractivity contribution < 1.29 is 0 Å². The van der Waals surface area contributed by atoms with Crippen molar-refractivity contribution in [3.63, 3.8) is 0 Å². The van der Waals surface area contributed by atoms with Crippen molar-refractivity contribution in [1.82, 2.24) is 14.5 Å². The van der Waals surface area contributed by atoms with Gasteiger partial charge in [0.1, 0.15) is 0 Å². The molecule has 4 aromatic rings. The van der Waals surface area contributed by atoms with Crippen molar-refractivity contribution in [3.05, 3.63) is 78.9 Å². The van der Waals surface area contributed by atoms with Crippen LogP contribution < -0.4 is 0 Å². The summed E-state index contributed by atoms with van der Waals surface area (Å²) >= 11 is 0. The van der Waals surface area contributed by atoms with Crippen molar-refractivity contribution in [2.45, 2.75) is 13.3 Å². The van der Waals surface area contributed by atoms with E-state index in [-0.39, 0.29) is 0 Å². The third kappa shape index (κ3) is 2.50. The molecule has 23 heavy (non-hydrogen) atoms. The minimum Gasteiger partial charge on any atom is -0.306 e. The molecule has 0 spiro atoms. The summed E-state index contributed by atoms with van der Waals surface area (Å²) in [6, 6.07) is 19.0. The first-order chi connectivity index (χ1) is 11.3. The van der Waals surface area contributed by atoms with Crippen LogP contribution in [0, 0.1) is 0 Å². The first-order valence-corrected chi connectivity index (χ1v) is 7.82. The van der Waals surface area contributed by atoms with Crippen LogP contribution in [0.3, 0.4) is 0 Å². The number of nitrogens with zero attached hydrogens (tertiary/aromatic N) is 3. The Balaban J connectivity index is 1.81. The second-order valence-corrected chi connectivity index (χ2v) is 5.55. The summed E-state index contributed by atoms with van der Waals surface area (Å²) in [7, 11) is 0. The van der Waals surface area contributed by atoms with Gasteiger partial charge in [0.15, 0.2) is 0 Å². The minimum absolute atomic E-state index is 1.01. The Labute approximate surface area is 135 Å².